The van der Waals surface area contributed by atoms with E-state index in [1.807, 2.05) is 24.3 Å². The Bertz CT molecular complexity index is 753. The number of carbonyl (C=O) groups excluding carboxylic acids is 2. The van der Waals surface area contributed by atoms with Crippen molar-refractivity contribution in [3.8, 4) is 5.75 Å². The summed E-state index contributed by atoms with van der Waals surface area (Å²) in [6.45, 7) is 5.39. The molecule has 1 aromatic carbocycles. The van der Waals surface area contributed by atoms with Crippen LogP contribution in [0.5, 0.6) is 5.75 Å². The third kappa shape index (κ3) is 4.81. The number of hydrogen-bond donors (Lipinski definition) is 0. The zero-order valence-electron chi connectivity index (χ0n) is 17.6. The molecule has 0 unspecified atom stereocenters. The summed E-state index contributed by atoms with van der Waals surface area (Å²) in [6, 6.07) is 7.44. The minimum Gasteiger partial charge on any atom is -0.496 e. The minimum atomic E-state index is -0.228. The average molecular weight is 401 g/mol. The minimum absolute atomic E-state index is 0.189. The molecule has 0 saturated carbocycles. The normalized spacial score (nSPS) is 17.4. The number of likely N-dealkylation sites (tertiary alicyclic amines) is 1. The number of methoxy groups -OCH3 is 1. The van der Waals surface area contributed by atoms with E-state index >= 15 is 0 Å². The number of benzene rings is 1. The van der Waals surface area contributed by atoms with Crippen molar-refractivity contribution in [2.24, 2.45) is 0 Å². The summed E-state index contributed by atoms with van der Waals surface area (Å²) in [6.07, 6.45) is 6.00. The van der Waals surface area contributed by atoms with E-state index in [2.05, 4.69) is 11.8 Å². The maximum absolute atomic E-state index is 13.3. The Hall–Kier alpha value is -2.34. The van der Waals surface area contributed by atoms with Gasteiger partial charge in [-0.15, -0.1) is 0 Å². The molecule has 1 fully saturated rings. The number of carbonyl (C=O) groups is 2. The maximum Gasteiger partial charge on any atom is 0.277 e. The van der Waals surface area contributed by atoms with Crippen molar-refractivity contribution < 1.29 is 19.1 Å². The van der Waals surface area contributed by atoms with E-state index < -0.39 is 0 Å². The van der Waals surface area contributed by atoms with Gasteiger partial charge in [0.05, 0.1) is 12.7 Å². The smallest absolute Gasteiger partial charge is 0.277 e. The summed E-state index contributed by atoms with van der Waals surface area (Å²) in [5, 5.41) is 0. The molecule has 0 spiro atoms. The molecule has 1 aromatic rings. The monoisotopic (exact) mass is 400 g/mol. The van der Waals surface area contributed by atoms with E-state index in [0.29, 0.717) is 42.2 Å². The Morgan fingerprint density at radius 2 is 1.69 bits per heavy atom. The highest BCUT2D eigenvalue weighted by Gasteiger charge is 2.42. The predicted octanol–water partition coefficient (Wildman–Crippen LogP) is 3.47. The van der Waals surface area contributed by atoms with Crippen LogP contribution >= 0.6 is 0 Å². The summed E-state index contributed by atoms with van der Waals surface area (Å²) in [4.78, 5) is 30.1. The van der Waals surface area contributed by atoms with Crippen LogP contribution in [0.2, 0.25) is 0 Å². The van der Waals surface area contributed by atoms with Crippen LogP contribution in [0, 0.1) is 0 Å². The molecule has 29 heavy (non-hydrogen) atoms. The number of imide groups is 1. The number of para-hydroxylation sites is 1. The third-order valence-corrected chi connectivity index (χ3v) is 5.50. The van der Waals surface area contributed by atoms with E-state index in [4.69, 9.17) is 9.47 Å². The highest BCUT2D eigenvalue weighted by molar-refractivity contribution is 6.36. The van der Waals surface area contributed by atoms with Crippen molar-refractivity contribution in [2.45, 2.75) is 45.4 Å². The van der Waals surface area contributed by atoms with E-state index in [0.717, 1.165) is 51.8 Å². The Morgan fingerprint density at radius 1 is 0.966 bits per heavy atom. The first kappa shape index (κ1) is 21.4. The number of piperidine rings is 1. The number of nitrogens with zero attached hydrogens (tertiary/aromatic N) is 2. The van der Waals surface area contributed by atoms with Crippen molar-refractivity contribution in [1.29, 1.82) is 0 Å². The van der Waals surface area contributed by atoms with Gasteiger partial charge in [-0.3, -0.25) is 14.5 Å². The van der Waals surface area contributed by atoms with Crippen molar-refractivity contribution >= 4 is 17.4 Å². The zero-order valence-corrected chi connectivity index (χ0v) is 17.6. The fraction of sp³-hybridized carbons (Fsp3) is 0.565. The number of rotatable bonds is 10. The average Bonchev–Trinajstić information content (AvgIpc) is 3.01. The Morgan fingerprint density at radius 3 is 2.41 bits per heavy atom. The topological polar surface area (TPSA) is 59.1 Å². The van der Waals surface area contributed by atoms with E-state index in [-0.39, 0.29) is 11.8 Å². The van der Waals surface area contributed by atoms with Crippen LogP contribution in [0.1, 0.15) is 51.0 Å². The molecule has 0 bridgehead atoms. The Kier molecular flexibility index (Phi) is 7.69. The summed E-state index contributed by atoms with van der Waals surface area (Å²) < 4.78 is 11.1. The number of hydrogen-bond acceptors (Lipinski definition) is 5. The van der Waals surface area contributed by atoms with Crippen LogP contribution < -0.4 is 4.74 Å². The van der Waals surface area contributed by atoms with Crippen LogP contribution in [0.4, 0.5) is 0 Å². The molecule has 1 saturated heterocycles. The summed E-state index contributed by atoms with van der Waals surface area (Å²) in [7, 11) is 1.59. The van der Waals surface area contributed by atoms with Gasteiger partial charge in [-0.25, -0.2) is 0 Å². The highest BCUT2D eigenvalue weighted by Crippen LogP contribution is 2.37. The second-order valence-corrected chi connectivity index (χ2v) is 7.55. The molecule has 3 rings (SSSR count). The molecule has 0 radical (unpaired) electrons. The van der Waals surface area contributed by atoms with Gasteiger partial charge in [0.2, 0.25) is 0 Å². The lowest BCUT2D eigenvalue weighted by molar-refractivity contribution is -0.137. The second kappa shape index (κ2) is 10.4. The van der Waals surface area contributed by atoms with Crippen molar-refractivity contribution in [3.05, 3.63) is 35.5 Å². The Balaban J connectivity index is 1.83. The maximum atomic E-state index is 13.3. The second-order valence-electron chi connectivity index (χ2n) is 7.55. The van der Waals surface area contributed by atoms with Crippen LogP contribution in [0.25, 0.3) is 5.57 Å². The molecule has 158 valence electrons. The Labute approximate surface area is 173 Å². The highest BCUT2D eigenvalue weighted by atomic mass is 16.5. The molecule has 2 aliphatic rings. The van der Waals surface area contributed by atoms with Gasteiger partial charge in [0.25, 0.3) is 11.8 Å². The van der Waals surface area contributed by atoms with Crippen LogP contribution in [-0.2, 0) is 14.3 Å². The van der Waals surface area contributed by atoms with Crippen LogP contribution in [0.15, 0.2) is 30.0 Å². The first-order valence-electron chi connectivity index (χ1n) is 10.8. The first-order chi connectivity index (χ1) is 14.2. The molecule has 6 heteroatoms. The fourth-order valence-electron chi connectivity index (χ4n) is 3.94. The molecule has 2 heterocycles. The zero-order chi connectivity index (χ0) is 20.6. The molecule has 0 N–H and O–H groups in total. The van der Waals surface area contributed by atoms with Crippen LogP contribution in [-0.4, -0.2) is 61.6 Å². The van der Waals surface area contributed by atoms with Crippen molar-refractivity contribution in [2.75, 3.05) is 40.0 Å². The summed E-state index contributed by atoms with van der Waals surface area (Å²) in [5.41, 5.74) is 1.70. The van der Waals surface area contributed by atoms with Gasteiger partial charge in [-0.2, -0.15) is 0 Å². The van der Waals surface area contributed by atoms with E-state index in [9.17, 15) is 9.59 Å². The molecule has 2 amide bonds. The first-order valence-corrected chi connectivity index (χ1v) is 10.8. The van der Waals surface area contributed by atoms with Gasteiger partial charge in [-0.1, -0.05) is 31.5 Å². The fourth-order valence-corrected chi connectivity index (χ4v) is 3.94. The molecule has 0 atom stereocenters. The summed E-state index contributed by atoms with van der Waals surface area (Å²) in [5.74, 6) is 0.197. The third-order valence-electron chi connectivity index (χ3n) is 5.50. The van der Waals surface area contributed by atoms with Gasteiger partial charge < -0.3 is 14.4 Å². The molecule has 0 aliphatic carbocycles. The quantitative estimate of drug-likeness (QED) is 0.445. The summed E-state index contributed by atoms with van der Waals surface area (Å²) >= 11 is 0. The van der Waals surface area contributed by atoms with Crippen molar-refractivity contribution in [1.82, 2.24) is 9.80 Å². The molecular weight excluding hydrogens is 368 g/mol. The largest absolute Gasteiger partial charge is 0.496 e. The lowest BCUT2D eigenvalue weighted by Crippen LogP contribution is -2.37. The number of amides is 2. The number of ether oxygens (including phenoxy) is 2. The van der Waals surface area contributed by atoms with Crippen molar-refractivity contribution in [3.63, 3.8) is 0 Å². The lowest BCUT2D eigenvalue weighted by Gasteiger charge is -2.29. The standard InChI is InChI=1S/C23H32N2O4/c1-3-4-16-29-17-10-15-25-22(26)20(18-11-6-7-12-19(18)28-2)21(23(25)27)24-13-8-5-9-14-24/h6-7,11-12H,3-5,8-10,13-17H2,1-2H3. The molecule has 0 aromatic heterocycles. The number of unbranched alkanes of at least 4 members (excludes halogenated alkanes) is 1. The van der Waals surface area contributed by atoms with Gasteiger partial charge in [0.15, 0.2) is 0 Å². The van der Waals surface area contributed by atoms with Gasteiger partial charge in [0, 0.05) is 38.4 Å². The van der Waals surface area contributed by atoms with E-state index in [1.165, 1.54) is 4.90 Å². The molecular formula is C23H32N2O4. The SMILES string of the molecule is CCCCOCCCN1C(=O)C(c2ccccc2OC)=C(N2CCCCC2)C1=O. The van der Waals surface area contributed by atoms with Gasteiger partial charge >= 0.3 is 0 Å². The molecule has 6 nitrogen and oxygen atoms in total. The molecule has 2 aliphatic heterocycles. The van der Waals surface area contributed by atoms with Gasteiger partial charge in [-0.05, 0) is 38.2 Å². The van der Waals surface area contributed by atoms with Gasteiger partial charge in [0.1, 0.15) is 11.4 Å². The van der Waals surface area contributed by atoms with E-state index in [1.54, 1.807) is 7.11 Å². The lowest BCUT2D eigenvalue weighted by atomic mass is 10.0. The predicted molar refractivity (Wildman–Crippen MR) is 112 cm³/mol. The van der Waals surface area contributed by atoms with Crippen LogP contribution in [0.3, 0.4) is 0 Å².